The smallest absolute Gasteiger partial charge is 0.239 e. The normalized spacial score (nSPS) is 12.1. The summed E-state index contributed by atoms with van der Waals surface area (Å²) >= 11 is 2.69. The molecule has 0 saturated heterocycles. The Morgan fingerprint density at radius 3 is 2.76 bits per heavy atom. The Kier molecular flexibility index (Phi) is 5.44. The first-order valence-electron chi connectivity index (χ1n) is 7.64. The Morgan fingerprint density at radius 2 is 2.12 bits per heavy atom. The van der Waals surface area contributed by atoms with E-state index < -0.39 is 0 Å². The van der Waals surface area contributed by atoms with Crippen LogP contribution in [-0.2, 0) is 11.3 Å². The van der Waals surface area contributed by atoms with Gasteiger partial charge in [0.05, 0.1) is 5.25 Å². The van der Waals surface area contributed by atoms with Crippen LogP contribution < -0.4 is 5.32 Å². The maximum Gasteiger partial charge on any atom is 0.239 e. The number of carbonyl (C=O) groups excluding carboxylic acids is 1. The lowest BCUT2D eigenvalue weighted by Gasteiger charge is -2.11. The second-order valence-electron chi connectivity index (χ2n) is 5.14. The monoisotopic (exact) mass is 377 g/mol. The highest BCUT2D eigenvalue weighted by Gasteiger charge is 2.20. The van der Waals surface area contributed by atoms with Crippen LogP contribution in [0.1, 0.15) is 13.8 Å². The Morgan fingerprint density at radius 1 is 1.36 bits per heavy atom. The number of anilines is 1. The molecule has 0 unspecified atom stereocenters. The van der Waals surface area contributed by atoms with Crippen LogP contribution in [-0.4, -0.2) is 30.9 Å². The van der Waals surface area contributed by atoms with Gasteiger partial charge in [0.25, 0.3) is 0 Å². The number of nitrogens with one attached hydrogen (secondary N) is 1. The molecule has 2 heterocycles. The van der Waals surface area contributed by atoms with Gasteiger partial charge < -0.3 is 9.88 Å². The van der Waals surface area contributed by atoms with Gasteiger partial charge in [-0.1, -0.05) is 11.8 Å². The summed E-state index contributed by atoms with van der Waals surface area (Å²) in [5, 5.41) is 13.8. The van der Waals surface area contributed by atoms with Gasteiger partial charge in [0.15, 0.2) is 16.1 Å². The van der Waals surface area contributed by atoms with E-state index in [0.29, 0.717) is 22.7 Å². The van der Waals surface area contributed by atoms with Crippen molar-refractivity contribution < 1.29 is 9.18 Å². The van der Waals surface area contributed by atoms with E-state index in [1.165, 1.54) is 35.2 Å². The molecule has 3 aromatic rings. The van der Waals surface area contributed by atoms with Crippen LogP contribution >= 0.6 is 23.1 Å². The van der Waals surface area contributed by atoms with Gasteiger partial charge in [0.2, 0.25) is 5.91 Å². The molecule has 9 heteroatoms. The molecule has 0 spiro atoms. The molecule has 0 aliphatic rings. The third kappa shape index (κ3) is 4.05. The molecule has 130 valence electrons. The molecule has 0 radical (unpaired) electrons. The van der Waals surface area contributed by atoms with Gasteiger partial charge in [-0.3, -0.25) is 4.79 Å². The fourth-order valence-electron chi connectivity index (χ4n) is 2.18. The Balaban J connectivity index is 1.76. The maximum absolute atomic E-state index is 13.1. The van der Waals surface area contributed by atoms with Crippen LogP contribution in [0, 0.1) is 5.82 Å². The van der Waals surface area contributed by atoms with Crippen molar-refractivity contribution in [2.45, 2.75) is 30.8 Å². The minimum Gasteiger partial charge on any atom is -0.302 e. The molecular formula is C16H16FN5OS2. The first kappa shape index (κ1) is 17.6. The largest absolute Gasteiger partial charge is 0.302 e. The van der Waals surface area contributed by atoms with Gasteiger partial charge in [-0.25, -0.2) is 9.37 Å². The van der Waals surface area contributed by atoms with Crippen molar-refractivity contribution in [1.82, 2.24) is 19.7 Å². The minimum atomic E-state index is -0.362. The van der Waals surface area contributed by atoms with Gasteiger partial charge >= 0.3 is 0 Å². The van der Waals surface area contributed by atoms with E-state index in [-0.39, 0.29) is 17.0 Å². The second-order valence-corrected chi connectivity index (χ2v) is 7.35. The number of hydrogen-bond donors (Lipinski definition) is 1. The van der Waals surface area contributed by atoms with Gasteiger partial charge in [-0.2, -0.15) is 0 Å². The van der Waals surface area contributed by atoms with E-state index in [1.54, 1.807) is 30.6 Å². The van der Waals surface area contributed by atoms with Gasteiger partial charge in [0.1, 0.15) is 5.82 Å². The van der Waals surface area contributed by atoms with Crippen molar-refractivity contribution in [3.8, 4) is 11.4 Å². The SMILES string of the molecule is CCn1c(S[C@@H](C)C(=O)Nc2nccs2)nnc1-c1ccc(F)cc1. The van der Waals surface area contributed by atoms with E-state index in [9.17, 15) is 9.18 Å². The summed E-state index contributed by atoms with van der Waals surface area (Å²) in [5.74, 6) is 0.208. The predicted octanol–water partition coefficient (Wildman–Crippen LogP) is 3.68. The standard InChI is InChI=1S/C16H16FN5OS2/c1-3-22-13(11-4-6-12(17)7-5-11)20-21-16(22)25-10(2)14(23)19-15-18-8-9-24-15/h4-10H,3H2,1-2H3,(H,18,19,23)/t10-/m0/s1. The lowest BCUT2D eigenvalue weighted by Crippen LogP contribution is -2.22. The van der Waals surface area contributed by atoms with Gasteiger partial charge in [0, 0.05) is 23.7 Å². The van der Waals surface area contributed by atoms with Crippen LogP contribution in [0.25, 0.3) is 11.4 Å². The average Bonchev–Trinajstić information content (AvgIpc) is 3.25. The third-order valence-corrected chi connectivity index (χ3v) is 5.22. The summed E-state index contributed by atoms with van der Waals surface area (Å²) in [6.45, 7) is 4.42. The zero-order valence-corrected chi connectivity index (χ0v) is 15.3. The zero-order valence-electron chi connectivity index (χ0n) is 13.6. The number of nitrogens with zero attached hydrogens (tertiary/aromatic N) is 4. The molecule has 2 aromatic heterocycles. The first-order valence-corrected chi connectivity index (χ1v) is 9.40. The summed E-state index contributed by atoms with van der Waals surface area (Å²) < 4.78 is 15.0. The number of rotatable bonds is 6. The summed E-state index contributed by atoms with van der Waals surface area (Å²) in [4.78, 5) is 16.3. The number of thiazole rings is 1. The number of aromatic nitrogens is 4. The van der Waals surface area contributed by atoms with E-state index in [4.69, 9.17) is 0 Å². The van der Waals surface area contributed by atoms with Crippen LogP contribution in [0.5, 0.6) is 0 Å². The van der Waals surface area contributed by atoms with Crippen molar-refractivity contribution in [3.63, 3.8) is 0 Å². The van der Waals surface area contributed by atoms with Crippen LogP contribution in [0.15, 0.2) is 41.0 Å². The summed E-state index contributed by atoms with van der Waals surface area (Å²) in [5.41, 5.74) is 0.780. The number of halogens is 1. The van der Waals surface area contributed by atoms with Crippen LogP contribution in [0.2, 0.25) is 0 Å². The highest BCUT2D eigenvalue weighted by Crippen LogP contribution is 2.27. The van der Waals surface area contributed by atoms with Crippen molar-refractivity contribution in [2.75, 3.05) is 5.32 Å². The number of carbonyl (C=O) groups is 1. The Bertz CT molecular complexity index is 848. The number of amides is 1. The minimum absolute atomic E-state index is 0.145. The molecule has 0 aliphatic heterocycles. The molecule has 1 atom stereocenters. The second kappa shape index (κ2) is 7.75. The molecule has 25 heavy (non-hydrogen) atoms. The van der Waals surface area contributed by atoms with Gasteiger partial charge in [-0.15, -0.1) is 21.5 Å². The fraction of sp³-hybridized carbons (Fsp3) is 0.250. The molecule has 0 fully saturated rings. The molecule has 0 saturated carbocycles. The molecular weight excluding hydrogens is 361 g/mol. The maximum atomic E-state index is 13.1. The van der Waals surface area contributed by atoms with Crippen molar-refractivity contribution in [1.29, 1.82) is 0 Å². The van der Waals surface area contributed by atoms with E-state index in [2.05, 4.69) is 20.5 Å². The van der Waals surface area contributed by atoms with Crippen LogP contribution in [0.4, 0.5) is 9.52 Å². The lowest BCUT2D eigenvalue weighted by atomic mass is 10.2. The van der Waals surface area contributed by atoms with Crippen molar-refractivity contribution >= 4 is 34.1 Å². The average molecular weight is 377 g/mol. The molecule has 1 aromatic carbocycles. The Labute approximate surface area is 152 Å². The number of hydrogen-bond acceptors (Lipinski definition) is 6. The quantitative estimate of drug-likeness (QED) is 0.664. The Hall–Kier alpha value is -2.26. The highest BCUT2D eigenvalue weighted by molar-refractivity contribution is 8.00. The predicted molar refractivity (Wildman–Crippen MR) is 97.2 cm³/mol. The summed E-state index contributed by atoms with van der Waals surface area (Å²) in [6.07, 6.45) is 1.64. The van der Waals surface area contributed by atoms with Crippen molar-refractivity contribution in [3.05, 3.63) is 41.7 Å². The zero-order chi connectivity index (χ0) is 17.8. The van der Waals surface area contributed by atoms with E-state index in [0.717, 1.165) is 5.56 Å². The first-order chi connectivity index (χ1) is 12.1. The van der Waals surface area contributed by atoms with Crippen molar-refractivity contribution in [2.24, 2.45) is 0 Å². The van der Waals surface area contributed by atoms with E-state index >= 15 is 0 Å². The fourth-order valence-corrected chi connectivity index (χ4v) is 3.62. The molecule has 1 N–H and O–H groups in total. The molecule has 3 rings (SSSR count). The molecule has 6 nitrogen and oxygen atoms in total. The molecule has 0 aliphatic carbocycles. The molecule has 1 amide bonds. The number of thioether (sulfide) groups is 1. The highest BCUT2D eigenvalue weighted by atomic mass is 32.2. The number of benzene rings is 1. The van der Waals surface area contributed by atoms with E-state index in [1.807, 2.05) is 11.5 Å². The lowest BCUT2D eigenvalue weighted by molar-refractivity contribution is -0.115. The van der Waals surface area contributed by atoms with Crippen LogP contribution in [0.3, 0.4) is 0 Å². The third-order valence-electron chi connectivity index (χ3n) is 3.45. The topological polar surface area (TPSA) is 72.7 Å². The molecule has 0 bridgehead atoms. The summed E-state index contributed by atoms with van der Waals surface area (Å²) in [6, 6.07) is 6.11. The van der Waals surface area contributed by atoms with Gasteiger partial charge in [-0.05, 0) is 38.1 Å². The summed E-state index contributed by atoms with van der Waals surface area (Å²) in [7, 11) is 0.